The van der Waals surface area contributed by atoms with Gasteiger partial charge in [-0.15, -0.1) is 0 Å². The van der Waals surface area contributed by atoms with Crippen molar-refractivity contribution in [1.29, 1.82) is 0 Å². The Morgan fingerprint density at radius 1 is 1.29 bits per heavy atom. The highest BCUT2D eigenvalue weighted by atomic mass is 16.7. The van der Waals surface area contributed by atoms with E-state index in [-0.39, 0.29) is 6.61 Å². The molecular weight excluding hydrogens is 214 g/mol. The fourth-order valence-electron chi connectivity index (χ4n) is 2.44. The van der Waals surface area contributed by atoms with Crippen molar-refractivity contribution in [2.24, 2.45) is 5.16 Å². The molecule has 1 aliphatic heterocycles. The van der Waals surface area contributed by atoms with Crippen LogP contribution in [0.2, 0.25) is 0 Å². The van der Waals surface area contributed by atoms with Crippen molar-refractivity contribution < 1.29 is 9.94 Å². The maximum absolute atomic E-state index is 9.27. The highest BCUT2D eigenvalue weighted by Gasteiger charge is 2.34. The Balaban J connectivity index is 2.37. The van der Waals surface area contributed by atoms with Gasteiger partial charge >= 0.3 is 0 Å². The summed E-state index contributed by atoms with van der Waals surface area (Å²) < 4.78 is 0. The molecule has 1 aliphatic rings. The van der Waals surface area contributed by atoms with Gasteiger partial charge in [0.05, 0.1) is 12.3 Å². The maximum atomic E-state index is 9.27. The Bertz CT molecular complexity index is 456. The van der Waals surface area contributed by atoms with Crippen LogP contribution in [-0.4, -0.2) is 23.0 Å². The van der Waals surface area contributed by atoms with E-state index in [1.165, 1.54) is 16.7 Å². The van der Waals surface area contributed by atoms with Gasteiger partial charge in [-0.3, -0.25) is 0 Å². The molecule has 0 amide bonds. The number of hydrogen-bond acceptors (Lipinski definition) is 3. The quantitative estimate of drug-likeness (QED) is 0.852. The van der Waals surface area contributed by atoms with Crippen molar-refractivity contribution in [2.75, 3.05) is 6.61 Å². The summed E-state index contributed by atoms with van der Waals surface area (Å²) in [6.07, 6.45) is 0.661. The third-order valence-electron chi connectivity index (χ3n) is 3.22. The van der Waals surface area contributed by atoms with Gasteiger partial charge in [0.1, 0.15) is 0 Å². The number of hydrogen-bond donors (Lipinski definition) is 1. The predicted octanol–water partition coefficient (Wildman–Crippen LogP) is 2.49. The van der Waals surface area contributed by atoms with E-state index >= 15 is 0 Å². The summed E-state index contributed by atoms with van der Waals surface area (Å²) in [5, 5.41) is 13.4. The zero-order valence-corrected chi connectivity index (χ0v) is 10.9. The van der Waals surface area contributed by atoms with E-state index in [2.05, 4.69) is 38.1 Å². The molecule has 1 N–H and O–H groups in total. The van der Waals surface area contributed by atoms with Gasteiger partial charge in [0.2, 0.25) is 0 Å². The molecule has 0 fully saturated rings. The lowest BCUT2D eigenvalue weighted by atomic mass is 9.90. The summed E-state index contributed by atoms with van der Waals surface area (Å²) in [6, 6.07) is 4.30. The summed E-state index contributed by atoms with van der Waals surface area (Å²) in [4.78, 5) is 5.33. The molecule has 0 unspecified atom stereocenters. The zero-order valence-electron chi connectivity index (χ0n) is 10.9. The van der Waals surface area contributed by atoms with E-state index in [1.807, 2.05) is 6.92 Å². The lowest BCUT2D eigenvalue weighted by Crippen LogP contribution is -2.29. The fraction of sp³-hybridized carbons (Fsp3) is 0.500. The van der Waals surface area contributed by atoms with Gasteiger partial charge in [-0.1, -0.05) is 22.9 Å². The molecule has 1 aromatic rings. The van der Waals surface area contributed by atoms with E-state index in [9.17, 15) is 5.11 Å². The molecule has 0 bridgehead atoms. The van der Waals surface area contributed by atoms with Gasteiger partial charge in [-0.25, -0.2) is 0 Å². The number of aliphatic hydroxyl groups excluding tert-OH is 1. The van der Waals surface area contributed by atoms with Gasteiger partial charge in [-0.05, 0) is 38.8 Å². The first-order valence-electron chi connectivity index (χ1n) is 5.89. The average molecular weight is 233 g/mol. The molecule has 0 aromatic heterocycles. The molecule has 17 heavy (non-hydrogen) atoms. The lowest BCUT2D eigenvalue weighted by molar-refractivity contribution is -0.0428. The molecule has 0 radical (unpaired) electrons. The zero-order chi connectivity index (χ0) is 12.6. The summed E-state index contributed by atoms with van der Waals surface area (Å²) in [6.45, 7) is 8.14. The Labute approximate surface area is 102 Å². The maximum Gasteiger partial charge on any atom is 0.163 e. The van der Waals surface area contributed by atoms with Crippen LogP contribution < -0.4 is 0 Å². The SMILES string of the molecule is Cc1cc(C)c(C2=NO[C@](C)(CO)C2)c(C)c1. The van der Waals surface area contributed by atoms with Crippen LogP contribution in [0.5, 0.6) is 0 Å². The monoisotopic (exact) mass is 233 g/mol. The second-order valence-corrected chi connectivity index (χ2v) is 5.19. The van der Waals surface area contributed by atoms with Gasteiger partial charge in [0, 0.05) is 12.0 Å². The Morgan fingerprint density at radius 2 is 1.88 bits per heavy atom. The highest BCUT2D eigenvalue weighted by molar-refractivity contribution is 6.04. The summed E-state index contributed by atoms with van der Waals surface area (Å²) in [5.74, 6) is 0. The topological polar surface area (TPSA) is 41.8 Å². The Morgan fingerprint density at radius 3 is 2.35 bits per heavy atom. The molecule has 1 atom stereocenters. The first kappa shape index (κ1) is 12.1. The molecular formula is C14H19NO2. The van der Waals surface area contributed by atoms with Crippen LogP contribution in [0.3, 0.4) is 0 Å². The van der Waals surface area contributed by atoms with E-state index < -0.39 is 5.60 Å². The van der Waals surface area contributed by atoms with Crippen molar-refractivity contribution in [1.82, 2.24) is 0 Å². The Kier molecular flexibility index (Phi) is 2.96. The number of benzene rings is 1. The number of oxime groups is 1. The molecule has 0 saturated carbocycles. The van der Waals surface area contributed by atoms with Crippen LogP contribution in [0.1, 0.15) is 35.6 Å². The first-order valence-corrected chi connectivity index (χ1v) is 5.89. The van der Waals surface area contributed by atoms with Crippen molar-refractivity contribution in [3.05, 3.63) is 34.4 Å². The summed E-state index contributed by atoms with van der Waals surface area (Å²) >= 11 is 0. The van der Waals surface area contributed by atoms with Gasteiger partial charge in [0.25, 0.3) is 0 Å². The van der Waals surface area contributed by atoms with Gasteiger partial charge in [-0.2, -0.15) is 0 Å². The van der Waals surface area contributed by atoms with E-state index in [1.54, 1.807) is 0 Å². The van der Waals surface area contributed by atoms with Gasteiger partial charge < -0.3 is 9.94 Å². The molecule has 0 saturated heterocycles. The van der Waals surface area contributed by atoms with Crippen LogP contribution in [0.25, 0.3) is 0 Å². The normalized spacial score (nSPS) is 23.5. The standard InChI is InChI=1S/C14H19NO2/c1-9-5-10(2)13(11(3)6-9)12-7-14(4,8-16)17-15-12/h5-6,16H,7-8H2,1-4H3/t14-/m0/s1. The number of aryl methyl sites for hydroxylation is 3. The molecule has 3 heteroatoms. The summed E-state index contributed by atoms with van der Waals surface area (Å²) in [7, 11) is 0. The van der Waals surface area contributed by atoms with E-state index in [0.717, 1.165) is 11.3 Å². The smallest absolute Gasteiger partial charge is 0.163 e. The van der Waals surface area contributed by atoms with Crippen molar-refractivity contribution in [2.45, 2.75) is 39.7 Å². The summed E-state index contributed by atoms with van der Waals surface area (Å²) in [5.41, 5.74) is 5.23. The average Bonchev–Trinajstić information content (AvgIpc) is 2.60. The predicted molar refractivity (Wildman–Crippen MR) is 68.4 cm³/mol. The highest BCUT2D eigenvalue weighted by Crippen LogP contribution is 2.29. The van der Waals surface area contributed by atoms with Crippen LogP contribution in [0.15, 0.2) is 17.3 Å². The molecule has 3 nitrogen and oxygen atoms in total. The minimum absolute atomic E-state index is 0.00996. The van der Waals surface area contributed by atoms with Gasteiger partial charge in [0.15, 0.2) is 5.60 Å². The number of nitrogens with zero attached hydrogens (tertiary/aromatic N) is 1. The number of aliphatic hydroxyl groups is 1. The van der Waals surface area contributed by atoms with Crippen molar-refractivity contribution in [3.8, 4) is 0 Å². The second kappa shape index (κ2) is 4.15. The molecule has 1 heterocycles. The van der Waals surface area contributed by atoms with Crippen LogP contribution >= 0.6 is 0 Å². The largest absolute Gasteiger partial charge is 0.392 e. The minimum atomic E-state index is -0.556. The fourth-order valence-corrected chi connectivity index (χ4v) is 2.44. The van der Waals surface area contributed by atoms with E-state index in [4.69, 9.17) is 4.84 Å². The van der Waals surface area contributed by atoms with Crippen LogP contribution in [-0.2, 0) is 4.84 Å². The molecule has 92 valence electrons. The minimum Gasteiger partial charge on any atom is -0.392 e. The number of rotatable bonds is 2. The lowest BCUT2D eigenvalue weighted by Gasteiger charge is -2.17. The second-order valence-electron chi connectivity index (χ2n) is 5.19. The van der Waals surface area contributed by atoms with Crippen molar-refractivity contribution in [3.63, 3.8) is 0 Å². The van der Waals surface area contributed by atoms with Crippen LogP contribution in [0, 0.1) is 20.8 Å². The van der Waals surface area contributed by atoms with Crippen molar-refractivity contribution >= 4 is 5.71 Å². The molecule has 1 aromatic carbocycles. The first-order chi connectivity index (χ1) is 7.95. The molecule has 0 spiro atoms. The molecule has 2 rings (SSSR count). The van der Waals surface area contributed by atoms with E-state index in [0.29, 0.717) is 6.42 Å². The third kappa shape index (κ3) is 2.20. The van der Waals surface area contributed by atoms with Crippen LogP contribution in [0.4, 0.5) is 0 Å². The third-order valence-corrected chi connectivity index (χ3v) is 3.22. The molecule has 0 aliphatic carbocycles. The Hall–Kier alpha value is -1.35.